The summed E-state index contributed by atoms with van der Waals surface area (Å²) in [6, 6.07) is 0. The summed E-state index contributed by atoms with van der Waals surface area (Å²) < 4.78 is 28.0. The average Bonchev–Trinajstić information content (AvgIpc) is 2.26. The van der Waals surface area contributed by atoms with E-state index in [1.165, 1.54) is 19.3 Å². The van der Waals surface area contributed by atoms with Crippen LogP contribution in [0.4, 0.5) is 0 Å². The molecule has 102 valence electrons. The molecule has 1 aliphatic rings. The Hall–Kier alpha value is 0.200. The second kappa shape index (κ2) is 7.59. The van der Waals surface area contributed by atoms with Crippen LogP contribution in [-0.4, -0.2) is 26.9 Å². The highest BCUT2D eigenvalue weighted by Gasteiger charge is 2.20. The molecule has 1 fully saturated rings. The molecular formula is C12H23ClO3S. The highest BCUT2D eigenvalue weighted by atomic mass is 35.7. The SMILES string of the molecule is CCCC(COC1CCCCC1)CS(=O)(=O)Cl. The fourth-order valence-corrected chi connectivity index (χ4v) is 3.77. The molecule has 1 atom stereocenters. The van der Waals surface area contributed by atoms with Crippen molar-refractivity contribution in [3.63, 3.8) is 0 Å². The molecule has 1 rings (SSSR count). The maximum absolute atomic E-state index is 11.1. The van der Waals surface area contributed by atoms with E-state index in [0.717, 1.165) is 25.7 Å². The zero-order valence-electron chi connectivity index (χ0n) is 10.5. The largest absolute Gasteiger partial charge is 0.378 e. The van der Waals surface area contributed by atoms with Crippen LogP contribution >= 0.6 is 10.7 Å². The molecule has 0 spiro atoms. The fraction of sp³-hybridized carbons (Fsp3) is 1.00. The summed E-state index contributed by atoms with van der Waals surface area (Å²) in [6.07, 6.45) is 8.16. The molecule has 1 aliphatic carbocycles. The zero-order chi connectivity index (χ0) is 12.7. The van der Waals surface area contributed by atoms with Crippen LogP contribution in [0.5, 0.6) is 0 Å². The van der Waals surface area contributed by atoms with Crippen LogP contribution in [0.25, 0.3) is 0 Å². The van der Waals surface area contributed by atoms with Gasteiger partial charge in [-0.3, -0.25) is 0 Å². The summed E-state index contributed by atoms with van der Waals surface area (Å²) in [7, 11) is 1.90. The highest BCUT2D eigenvalue weighted by Crippen LogP contribution is 2.22. The van der Waals surface area contributed by atoms with Crippen LogP contribution in [0.3, 0.4) is 0 Å². The lowest BCUT2D eigenvalue weighted by molar-refractivity contribution is 0.00999. The van der Waals surface area contributed by atoms with E-state index in [0.29, 0.717) is 12.7 Å². The number of rotatable bonds is 7. The molecule has 0 aromatic heterocycles. The minimum Gasteiger partial charge on any atom is -0.378 e. The van der Waals surface area contributed by atoms with E-state index < -0.39 is 9.05 Å². The van der Waals surface area contributed by atoms with Crippen molar-refractivity contribution in [2.24, 2.45) is 5.92 Å². The Morgan fingerprint density at radius 1 is 1.29 bits per heavy atom. The quantitative estimate of drug-likeness (QED) is 0.673. The molecule has 1 saturated carbocycles. The Morgan fingerprint density at radius 2 is 1.94 bits per heavy atom. The summed E-state index contributed by atoms with van der Waals surface area (Å²) >= 11 is 0. The first-order chi connectivity index (χ1) is 8.01. The van der Waals surface area contributed by atoms with Crippen molar-refractivity contribution in [1.29, 1.82) is 0 Å². The van der Waals surface area contributed by atoms with Crippen LogP contribution < -0.4 is 0 Å². The van der Waals surface area contributed by atoms with Gasteiger partial charge in [0, 0.05) is 10.7 Å². The molecule has 0 N–H and O–H groups in total. The van der Waals surface area contributed by atoms with Gasteiger partial charge in [0.25, 0.3) is 0 Å². The van der Waals surface area contributed by atoms with E-state index in [4.69, 9.17) is 15.4 Å². The summed E-state index contributed by atoms with van der Waals surface area (Å²) in [5.41, 5.74) is 0. The average molecular weight is 283 g/mol. The monoisotopic (exact) mass is 282 g/mol. The second-order valence-corrected chi connectivity index (χ2v) is 7.78. The van der Waals surface area contributed by atoms with Gasteiger partial charge in [-0.1, -0.05) is 32.6 Å². The molecule has 5 heteroatoms. The molecule has 0 aliphatic heterocycles. The lowest BCUT2D eigenvalue weighted by atomic mass is 9.97. The lowest BCUT2D eigenvalue weighted by Crippen LogP contribution is -2.24. The van der Waals surface area contributed by atoms with Crippen molar-refractivity contribution in [2.45, 2.75) is 58.0 Å². The third kappa shape index (κ3) is 7.27. The fourth-order valence-electron chi connectivity index (χ4n) is 2.41. The van der Waals surface area contributed by atoms with E-state index >= 15 is 0 Å². The summed E-state index contributed by atoms with van der Waals surface area (Å²) in [4.78, 5) is 0. The first-order valence-electron chi connectivity index (χ1n) is 6.55. The molecule has 0 aromatic rings. The molecule has 0 amide bonds. The number of ether oxygens (including phenoxy) is 1. The minimum absolute atomic E-state index is 0.0368. The molecule has 0 saturated heterocycles. The molecule has 0 aromatic carbocycles. The second-order valence-electron chi connectivity index (χ2n) is 4.95. The van der Waals surface area contributed by atoms with E-state index in [2.05, 4.69) is 6.92 Å². The van der Waals surface area contributed by atoms with E-state index in [1.54, 1.807) is 0 Å². The van der Waals surface area contributed by atoms with Crippen molar-refractivity contribution in [2.75, 3.05) is 12.4 Å². The van der Waals surface area contributed by atoms with Gasteiger partial charge in [-0.05, 0) is 25.2 Å². The predicted molar refractivity (Wildman–Crippen MR) is 70.9 cm³/mol. The van der Waals surface area contributed by atoms with E-state index in [1.807, 2.05) is 0 Å². The molecular weight excluding hydrogens is 260 g/mol. The van der Waals surface area contributed by atoms with Crippen molar-refractivity contribution < 1.29 is 13.2 Å². The summed E-state index contributed by atoms with van der Waals surface area (Å²) in [5.74, 6) is 0.0826. The molecule has 0 bridgehead atoms. The van der Waals surface area contributed by atoms with Crippen molar-refractivity contribution >= 4 is 19.7 Å². The topological polar surface area (TPSA) is 43.4 Å². The van der Waals surface area contributed by atoms with E-state index in [9.17, 15) is 8.42 Å². The van der Waals surface area contributed by atoms with Crippen LogP contribution in [0.15, 0.2) is 0 Å². The maximum atomic E-state index is 11.1. The number of hydrogen-bond donors (Lipinski definition) is 0. The Morgan fingerprint density at radius 3 is 2.47 bits per heavy atom. The Kier molecular flexibility index (Phi) is 6.82. The van der Waals surface area contributed by atoms with Crippen molar-refractivity contribution in [3.05, 3.63) is 0 Å². The number of hydrogen-bond acceptors (Lipinski definition) is 3. The lowest BCUT2D eigenvalue weighted by Gasteiger charge is -2.24. The maximum Gasteiger partial charge on any atom is 0.232 e. The predicted octanol–water partition coefficient (Wildman–Crippen LogP) is 3.32. The third-order valence-electron chi connectivity index (χ3n) is 3.25. The minimum atomic E-state index is -3.41. The van der Waals surface area contributed by atoms with Gasteiger partial charge < -0.3 is 4.74 Å². The molecule has 3 nitrogen and oxygen atoms in total. The van der Waals surface area contributed by atoms with Crippen LogP contribution in [0, 0.1) is 5.92 Å². The van der Waals surface area contributed by atoms with E-state index in [-0.39, 0.29) is 11.7 Å². The molecule has 0 radical (unpaired) electrons. The van der Waals surface area contributed by atoms with Crippen molar-refractivity contribution in [3.8, 4) is 0 Å². The third-order valence-corrected chi connectivity index (χ3v) is 4.50. The van der Waals surface area contributed by atoms with Gasteiger partial charge in [-0.2, -0.15) is 0 Å². The smallest absolute Gasteiger partial charge is 0.232 e. The highest BCUT2D eigenvalue weighted by molar-refractivity contribution is 8.13. The number of halogens is 1. The first kappa shape index (κ1) is 15.3. The molecule has 17 heavy (non-hydrogen) atoms. The zero-order valence-corrected chi connectivity index (χ0v) is 12.1. The molecule has 0 heterocycles. The van der Waals surface area contributed by atoms with Gasteiger partial charge >= 0.3 is 0 Å². The Balaban J connectivity index is 2.32. The van der Waals surface area contributed by atoms with Crippen molar-refractivity contribution in [1.82, 2.24) is 0 Å². The Labute approximate surface area is 109 Å². The van der Waals surface area contributed by atoms with Gasteiger partial charge in [0.05, 0.1) is 18.5 Å². The summed E-state index contributed by atoms with van der Waals surface area (Å²) in [5, 5.41) is 0. The van der Waals surface area contributed by atoms with Crippen LogP contribution in [0.1, 0.15) is 51.9 Å². The molecule has 1 unspecified atom stereocenters. The Bertz CT molecular complexity index is 297. The van der Waals surface area contributed by atoms with Crippen LogP contribution in [-0.2, 0) is 13.8 Å². The normalized spacial score (nSPS) is 20.4. The van der Waals surface area contributed by atoms with Gasteiger partial charge in [0.2, 0.25) is 9.05 Å². The van der Waals surface area contributed by atoms with Gasteiger partial charge in [-0.15, -0.1) is 0 Å². The van der Waals surface area contributed by atoms with Crippen LogP contribution in [0.2, 0.25) is 0 Å². The van der Waals surface area contributed by atoms with Gasteiger partial charge in [0.1, 0.15) is 0 Å². The first-order valence-corrected chi connectivity index (χ1v) is 9.03. The van der Waals surface area contributed by atoms with Gasteiger partial charge in [-0.25, -0.2) is 8.42 Å². The summed E-state index contributed by atoms with van der Waals surface area (Å²) in [6.45, 7) is 2.58. The standard InChI is InChI=1S/C12H23ClO3S/c1-2-6-11(10-17(13,14)15)9-16-12-7-4-3-5-8-12/h11-12H,2-10H2,1H3. The van der Waals surface area contributed by atoms with Gasteiger partial charge in [0.15, 0.2) is 0 Å².